The van der Waals surface area contributed by atoms with E-state index in [2.05, 4.69) is 0 Å². The van der Waals surface area contributed by atoms with E-state index in [-0.39, 0.29) is 48.1 Å². The standard InChI is InChI=1S/C20H29N3O4/c1-13(24)22(14-8-9-14)11-15-5-4-10-21(15)18(25)12-23-19(26)16-6-2-3-7-17(16)20(23)27/h14-17H,2-12H2,1H3. The molecule has 2 aliphatic heterocycles. The summed E-state index contributed by atoms with van der Waals surface area (Å²) in [5, 5.41) is 0. The molecular formula is C20H29N3O4. The molecule has 4 amide bonds. The number of hydrogen-bond acceptors (Lipinski definition) is 4. The number of likely N-dealkylation sites (tertiary alicyclic amines) is 2. The largest absolute Gasteiger partial charge is 0.338 e. The van der Waals surface area contributed by atoms with Gasteiger partial charge in [0, 0.05) is 32.1 Å². The van der Waals surface area contributed by atoms with Crippen LogP contribution in [0.3, 0.4) is 0 Å². The molecule has 148 valence electrons. The van der Waals surface area contributed by atoms with Crippen LogP contribution in [-0.4, -0.2) is 70.0 Å². The number of fused-ring (bicyclic) bond motifs is 1. The van der Waals surface area contributed by atoms with Gasteiger partial charge >= 0.3 is 0 Å². The van der Waals surface area contributed by atoms with Gasteiger partial charge in [0.2, 0.25) is 23.6 Å². The highest BCUT2D eigenvalue weighted by molar-refractivity contribution is 6.07. The molecule has 2 aliphatic carbocycles. The van der Waals surface area contributed by atoms with Gasteiger partial charge in [0.25, 0.3) is 0 Å². The number of hydrogen-bond donors (Lipinski definition) is 0. The molecule has 0 aromatic carbocycles. The number of imide groups is 1. The molecule has 0 radical (unpaired) electrons. The molecule has 3 unspecified atom stereocenters. The van der Waals surface area contributed by atoms with Crippen molar-refractivity contribution >= 4 is 23.6 Å². The minimum atomic E-state index is -0.212. The zero-order chi connectivity index (χ0) is 19.1. The third kappa shape index (κ3) is 3.48. The van der Waals surface area contributed by atoms with E-state index < -0.39 is 0 Å². The monoisotopic (exact) mass is 375 g/mol. The molecule has 0 aromatic heterocycles. The number of carbonyl (C=O) groups is 4. The Kier molecular flexibility index (Phi) is 4.95. The van der Waals surface area contributed by atoms with Crippen molar-refractivity contribution in [2.45, 2.75) is 70.4 Å². The van der Waals surface area contributed by atoms with E-state index >= 15 is 0 Å². The van der Waals surface area contributed by atoms with E-state index in [1.807, 2.05) is 4.90 Å². The van der Waals surface area contributed by atoms with Crippen molar-refractivity contribution < 1.29 is 19.2 Å². The van der Waals surface area contributed by atoms with Crippen LogP contribution in [-0.2, 0) is 19.2 Å². The van der Waals surface area contributed by atoms with E-state index in [1.54, 1.807) is 11.8 Å². The lowest BCUT2D eigenvalue weighted by Gasteiger charge is -2.31. The summed E-state index contributed by atoms with van der Waals surface area (Å²) in [6.45, 7) is 2.66. The van der Waals surface area contributed by atoms with Crippen LogP contribution < -0.4 is 0 Å². The predicted molar refractivity (Wildman–Crippen MR) is 97.3 cm³/mol. The van der Waals surface area contributed by atoms with Crippen molar-refractivity contribution in [3.63, 3.8) is 0 Å². The topological polar surface area (TPSA) is 78.0 Å². The lowest BCUT2D eigenvalue weighted by Crippen LogP contribution is -2.49. The zero-order valence-corrected chi connectivity index (χ0v) is 16.1. The first kappa shape index (κ1) is 18.4. The van der Waals surface area contributed by atoms with Crippen LogP contribution in [0, 0.1) is 11.8 Å². The van der Waals surface area contributed by atoms with E-state index in [0.717, 1.165) is 51.4 Å². The Labute approximate surface area is 160 Å². The Balaban J connectivity index is 1.40. The highest BCUT2D eigenvalue weighted by atomic mass is 16.2. The Morgan fingerprint density at radius 2 is 1.59 bits per heavy atom. The van der Waals surface area contributed by atoms with Gasteiger partial charge < -0.3 is 9.80 Å². The number of amides is 4. The fourth-order valence-electron chi connectivity index (χ4n) is 5.11. The smallest absolute Gasteiger partial charge is 0.243 e. The third-order valence-corrected chi connectivity index (χ3v) is 6.72. The molecule has 27 heavy (non-hydrogen) atoms. The summed E-state index contributed by atoms with van der Waals surface area (Å²) < 4.78 is 0. The van der Waals surface area contributed by atoms with Crippen molar-refractivity contribution in [3.05, 3.63) is 0 Å². The average molecular weight is 375 g/mol. The van der Waals surface area contributed by atoms with Gasteiger partial charge in [0.1, 0.15) is 6.54 Å². The van der Waals surface area contributed by atoms with Crippen LogP contribution in [0.4, 0.5) is 0 Å². The van der Waals surface area contributed by atoms with Gasteiger partial charge in [-0.15, -0.1) is 0 Å². The molecule has 4 rings (SSSR count). The van der Waals surface area contributed by atoms with E-state index in [4.69, 9.17) is 0 Å². The number of carbonyl (C=O) groups excluding carboxylic acids is 4. The van der Waals surface area contributed by atoms with Crippen molar-refractivity contribution in [1.82, 2.24) is 14.7 Å². The number of nitrogens with zero attached hydrogens (tertiary/aromatic N) is 3. The second-order valence-corrected chi connectivity index (χ2v) is 8.55. The molecule has 2 heterocycles. The van der Waals surface area contributed by atoms with Crippen LogP contribution >= 0.6 is 0 Å². The fraction of sp³-hybridized carbons (Fsp3) is 0.800. The van der Waals surface area contributed by atoms with Crippen molar-refractivity contribution in [3.8, 4) is 0 Å². The summed E-state index contributed by atoms with van der Waals surface area (Å²) in [5.41, 5.74) is 0. The fourth-order valence-corrected chi connectivity index (χ4v) is 5.11. The van der Waals surface area contributed by atoms with Gasteiger partial charge in [-0.3, -0.25) is 24.1 Å². The highest BCUT2D eigenvalue weighted by Gasteiger charge is 2.49. The van der Waals surface area contributed by atoms with Gasteiger partial charge in [-0.25, -0.2) is 0 Å². The molecule has 3 atom stereocenters. The summed E-state index contributed by atoms with van der Waals surface area (Å²) in [4.78, 5) is 55.0. The molecule has 7 nitrogen and oxygen atoms in total. The van der Waals surface area contributed by atoms with Crippen LogP contribution in [0.1, 0.15) is 58.3 Å². The first-order valence-corrected chi connectivity index (χ1v) is 10.4. The van der Waals surface area contributed by atoms with Gasteiger partial charge in [-0.05, 0) is 38.5 Å². The molecule has 0 spiro atoms. The summed E-state index contributed by atoms with van der Waals surface area (Å²) >= 11 is 0. The summed E-state index contributed by atoms with van der Waals surface area (Å²) in [5.74, 6) is -0.829. The second-order valence-electron chi connectivity index (χ2n) is 8.55. The second kappa shape index (κ2) is 7.24. The van der Waals surface area contributed by atoms with Gasteiger partial charge in [-0.2, -0.15) is 0 Å². The van der Waals surface area contributed by atoms with Crippen LogP contribution in [0.25, 0.3) is 0 Å². The van der Waals surface area contributed by atoms with Gasteiger partial charge in [-0.1, -0.05) is 12.8 Å². The Morgan fingerprint density at radius 3 is 2.15 bits per heavy atom. The average Bonchev–Trinajstić information content (AvgIpc) is 3.34. The van der Waals surface area contributed by atoms with Gasteiger partial charge in [0.05, 0.1) is 11.8 Å². The van der Waals surface area contributed by atoms with Gasteiger partial charge in [0.15, 0.2) is 0 Å². The SMILES string of the molecule is CC(=O)N(CC1CCCN1C(=O)CN1C(=O)C2CCCCC2C1=O)C1CC1. The Morgan fingerprint density at radius 1 is 0.963 bits per heavy atom. The molecule has 0 aromatic rings. The lowest BCUT2D eigenvalue weighted by atomic mass is 9.81. The zero-order valence-electron chi connectivity index (χ0n) is 16.1. The van der Waals surface area contributed by atoms with Crippen LogP contribution in [0.15, 0.2) is 0 Å². The molecule has 0 bridgehead atoms. The van der Waals surface area contributed by atoms with Crippen LogP contribution in [0.5, 0.6) is 0 Å². The maximum absolute atomic E-state index is 12.9. The highest BCUT2D eigenvalue weighted by Crippen LogP contribution is 2.38. The normalized spacial score (nSPS) is 30.6. The van der Waals surface area contributed by atoms with Crippen molar-refractivity contribution in [1.29, 1.82) is 0 Å². The van der Waals surface area contributed by atoms with E-state index in [1.165, 1.54) is 4.90 Å². The minimum absolute atomic E-state index is 0.00270. The van der Waals surface area contributed by atoms with Crippen molar-refractivity contribution in [2.75, 3.05) is 19.6 Å². The van der Waals surface area contributed by atoms with E-state index in [0.29, 0.717) is 19.1 Å². The molecule has 2 saturated heterocycles. The van der Waals surface area contributed by atoms with E-state index in [9.17, 15) is 19.2 Å². The molecule has 7 heteroatoms. The molecule has 2 saturated carbocycles. The lowest BCUT2D eigenvalue weighted by molar-refractivity contribution is -0.147. The summed E-state index contributed by atoms with van der Waals surface area (Å²) in [6, 6.07) is 0.321. The third-order valence-electron chi connectivity index (χ3n) is 6.72. The quantitative estimate of drug-likeness (QED) is 0.676. The number of rotatable bonds is 5. The summed E-state index contributed by atoms with van der Waals surface area (Å²) in [7, 11) is 0. The minimum Gasteiger partial charge on any atom is -0.338 e. The van der Waals surface area contributed by atoms with Crippen molar-refractivity contribution in [2.24, 2.45) is 11.8 Å². The molecule has 4 fully saturated rings. The van der Waals surface area contributed by atoms with Crippen LogP contribution in [0.2, 0.25) is 0 Å². The maximum Gasteiger partial charge on any atom is 0.243 e. The predicted octanol–water partition coefficient (Wildman–Crippen LogP) is 1.16. The summed E-state index contributed by atoms with van der Waals surface area (Å²) in [6.07, 6.45) is 7.36. The first-order chi connectivity index (χ1) is 13.0. The Bertz CT molecular complexity index is 636. The first-order valence-electron chi connectivity index (χ1n) is 10.4. The maximum atomic E-state index is 12.9. The molecule has 0 N–H and O–H groups in total. The Hall–Kier alpha value is -1.92. The molecule has 4 aliphatic rings. The molecular weight excluding hydrogens is 346 g/mol.